The number of rotatable bonds is 4. The number of amides is 1. The van der Waals surface area contributed by atoms with Crippen molar-refractivity contribution in [3.8, 4) is 5.88 Å². The molecule has 4 rings (SSSR count). The van der Waals surface area contributed by atoms with Crippen molar-refractivity contribution in [2.45, 2.75) is 26.5 Å². The number of aryl methyl sites for hydroxylation is 1. The Morgan fingerprint density at radius 3 is 2.78 bits per heavy atom. The first-order valence-electron chi connectivity index (χ1n) is 8.84. The Hall–Kier alpha value is -3.22. The van der Waals surface area contributed by atoms with Crippen molar-refractivity contribution in [2.24, 2.45) is 0 Å². The Morgan fingerprint density at radius 2 is 1.96 bits per heavy atom. The van der Waals surface area contributed by atoms with Gasteiger partial charge < -0.3 is 9.64 Å². The number of benzene rings is 1. The number of para-hydroxylation sites is 1. The summed E-state index contributed by atoms with van der Waals surface area (Å²) in [5.41, 5.74) is 1.95. The van der Waals surface area contributed by atoms with Gasteiger partial charge in [-0.3, -0.25) is 14.2 Å². The highest BCUT2D eigenvalue weighted by Crippen LogP contribution is 2.20. The van der Waals surface area contributed by atoms with Gasteiger partial charge in [0.15, 0.2) is 0 Å². The maximum absolute atomic E-state index is 12.4. The highest BCUT2D eigenvalue weighted by molar-refractivity contribution is 5.79. The van der Waals surface area contributed by atoms with Gasteiger partial charge in [-0.05, 0) is 26.0 Å². The second-order valence-electron chi connectivity index (χ2n) is 6.77. The zero-order chi connectivity index (χ0) is 19.0. The van der Waals surface area contributed by atoms with Crippen LogP contribution in [0, 0.1) is 13.8 Å². The van der Waals surface area contributed by atoms with Gasteiger partial charge in [-0.1, -0.05) is 18.2 Å². The van der Waals surface area contributed by atoms with Crippen molar-refractivity contribution in [1.29, 1.82) is 0 Å². The maximum atomic E-state index is 12.4. The molecule has 1 amide bonds. The number of likely N-dealkylation sites (tertiary alicyclic amines) is 1. The van der Waals surface area contributed by atoms with Crippen LogP contribution in [-0.4, -0.2) is 44.5 Å². The number of carbonyl (C=O) groups excluding carboxylic acids is 1. The fraction of sp³-hybridized carbons (Fsp3) is 0.300. The lowest BCUT2D eigenvalue weighted by molar-refractivity contribution is -0.140. The quantitative estimate of drug-likeness (QED) is 0.704. The predicted octanol–water partition coefficient (Wildman–Crippen LogP) is 1.70. The molecule has 0 aliphatic carbocycles. The van der Waals surface area contributed by atoms with Gasteiger partial charge >= 0.3 is 0 Å². The largest absolute Gasteiger partial charge is 0.471 e. The summed E-state index contributed by atoms with van der Waals surface area (Å²) in [6.07, 6.45) is 1.34. The van der Waals surface area contributed by atoms with E-state index in [-0.39, 0.29) is 24.1 Å². The van der Waals surface area contributed by atoms with Gasteiger partial charge in [-0.2, -0.15) is 0 Å². The van der Waals surface area contributed by atoms with E-state index in [1.807, 2.05) is 36.4 Å². The van der Waals surface area contributed by atoms with Gasteiger partial charge in [0.25, 0.3) is 5.56 Å². The number of ether oxygens (including phenoxy) is 1. The second kappa shape index (κ2) is 6.83. The number of carbonyl (C=O) groups is 1. The van der Waals surface area contributed by atoms with E-state index in [1.54, 1.807) is 18.7 Å². The van der Waals surface area contributed by atoms with Crippen LogP contribution in [0.2, 0.25) is 0 Å². The number of fused-ring (bicyclic) bond motifs is 1. The molecule has 3 heterocycles. The highest BCUT2D eigenvalue weighted by Gasteiger charge is 2.32. The summed E-state index contributed by atoms with van der Waals surface area (Å²) in [6, 6.07) is 11.7. The minimum Gasteiger partial charge on any atom is -0.471 e. The first-order chi connectivity index (χ1) is 13.0. The Labute approximate surface area is 156 Å². The van der Waals surface area contributed by atoms with Crippen LogP contribution < -0.4 is 10.3 Å². The molecular formula is C20H20N4O3. The molecule has 1 fully saturated rings. The van der Waals surface area contributed by atoms with Crippen molar-refractivity contribution < 1.29 is 9.53 Å². The van der Waals surface area contributed by atoms with Crippen LogP contribution in [0.25, 0.3) is 10.9 Å². The van der Waals surface area contributed by atoms with E-state index in [0.717, 1.165) is 10.9 Å². The molecule has 0 bridgehead atoms. The zero-order valence-electron chi connectivity index (χ0n) is 15.3. The first-order valence-corrected chi connectivity index (χ1v) is 8.84. The van der Waals surface area contributed by atoms with E-state index in [1.165, 1.54) is 10.9 Å². The van der Waals surface area contributed by atoms with Crippen LogP contribution >= 0.6 is 0 Å². The number of hydrogen-bond acceptors (Lipinski definition) is 5. The van der Waals surface area contributed by atoms with Crippen molar-refractivity contribution >= 4 is 16.8 Å². The fourth-order valence-corrected chi connectivity index (χ4v) is 3.03. The van der Waals surface area contributed by atoms with Crippen molar-refractivity contribution in [3.05, 3.63) is 64.3 Å². The van der Waals surface area contributed by atoms with Crippen LogP contribution in [0.15, 0.2) is 47.5 Å². The minimum atomic E-state index is -0.176. The van der Waals surface area contributed by atoms with Crippen molar-refractivity contribution in [3.63, 3.8) is 0 Å². The molecule has 138 valence electrons. The first kappa shape index (κ1) is 17.2. The lowest BCUT2D eigenvalue weighted by atomic mass is 10.1. The second-order valence-corrected chi connectivity index (χ2v) is 6.77. The molecule has 0 atom stereocenters. The van der Waals surface area contributed by atoms with E-state index in [4.69, 9.17) is 4.74 Å². The molecule has 1 aromatic carbocycles. The molecule has 0 spiro atoms. The SMILES string of the molecule is Cc1ncn(CC(=O)N2CC(Oc3ccc4ccccc4n3)C2)c(=O)c1C. The summed E-state index contributed by atoms with van der Waals surface area (Å²) in [5, 5.41) is 1.06. The highest BCUT2D eigenvalue weighted by atomic mass is 16.5. The van der Waals surface area contributed by atoms with Gasteiger partial charge in [-0.25, -0.2) is 9.97 Å². The topological polar surface area (TPSA) is 77.3 Å². The van der Waals surface area contributed by atoms with E-state index >= 15 is 0 Å². The van der Waals surface area contributed by atoms with E-state index < -0.39 is 0 Å². The fourth-order valence-electron chi connectivity index (χ4n) is 3.03. The summed E-state index contributed by atoms with van der Waals surface area (Å²) in [6.45, 7) is 4.46. The average Bonchev–Trinajstić information content (AvgIpc) is 2.64. The number of pyridine rings is 1. The zero-order valence-corrected chi connectivity index (χ0v) is 15.3. The molecule has 7 heteroatoms. The van der Waals surface area contributed by atoms with Crippen LogP contribution in [0.3, 0.4) is 0 Å². The number of hydrogen-bond donors (Lipinski definition) is 0. The molecule has 1 aliphatic rings. The van der Waals surface area contributed by atoms with Gasteiger partial charge in [0.1, 0.15) is 12.6 Å². The summed E-state index contributed by atoms with van der Waals surface area (Å²) in [4.78, 5) is 34.9. The third-order valence-electron chi connectivity index (χ3n) is 4.88. The van der Waals surface area contributed by atoms with E-state index in [2.05, 4.69) is 9.97 Å². The molecule has 3 aromatic rings. The maximum Gasteiger partial charge on any atom is 0.256 e. The number of nitrogens with zero attached hydrogens (tertiary/aromatic N) is 4. The lowest BCUT2D eigenvalue weighted by Gasteiger charge is -2.38. The normalized spacial score (nSPS) is 14.2. The molecular weight excluding hydrogens is 344 g/mol. The molecule has 0 saturated carbocycles. The predicted molar refractivity (Wildman–Crippen MR) is 101 cm³/mol. The van der Waals surface area contributed by atoms with Gasteiger partial charge in [-0.15, -0.1) is 0 Å². The Morgan fingerprint density at radius 1 is 1.19 bits per heavy atom. The lowest BCUT2D eigenvalue weighted by Crippen LogP contribution is -2.57. The Kier molecular flexibility index (Phi) is 4.35. The average molecular weight is 364 g/mol. The smallest absolute Gasteiger partial charge is 0.256 e. The minimum absolute atomic E-state index is 0.00605. The summed E-state index contributed by atoms with van der Waals surface area (Å²) < 4.78 is 7.21. The van der Waals surface area contributed by atoms with Crippen LogP contribution in [0.4, 0.5) is 0 Å². The molecule has 27 heavy (non-hydrogen) atoms. The summed E-state index contributed by atoms with van der Waals surface area (Å²) >= 11 is 0. The third kappa shape index (κ3) is 3.40. The monoisotopic (exact) mass is 364 g/mol. The van der Waals surface area contributed by atoms with Crippen LogP contribution in [-0.2, 0) is 11.3 Å². The van der Waals surface area contributed by atoms with Crippen LogP contribution in [0.1, 0.15) is 11.3 Å². The van der Waals surface area contributed by atoms with E-state index in [9.17, 15) is 9.59 Å². The van der Waals surface area contributed by atoms with E-state index in [0.29, 0.717) is 30.2 Å². The Balaban J connectivity index is 1.35. The number of aromatic nitrogens is 3. The molecule has 2 aromatic heterocycles. The molecule has 0 unspecified atom stereocenters. The molecule has 1 saturated heterocycles. The summed E-state index contributed by atoms with van der Waals surface area (Å²) in [7, 11) is 0. The molecule has 0 N–H and O–H groups in total. The Bertz CT molecular complexity index is 1070. The third-order valence-corrected chi connectivity index (χ3v) is 4.88. The van der Waals surface area contributed by atoms with Crippen molar-refractivity contribution in [2.75, 3.05) is 13.1 Å². The van der Waals surface area contributed by atoms with Crippen LogP contribution in [0.5, 0.6) is 5.88 Å². The summed E-state index contributed by atoms with van der Waals surface area (Å²) in [5.74, 6) is 0.439. The van der Waals surface area contributed by atoms with Gasteiger partial charge in [0.2, 0.25) is 11.8 Å². The van der Waals surface area contributed by atoms with Gasteiger partial charge in [0, 0.05) is 22.7 Å². The molecule has 7 nitrogen and oxygen atoms in total. The van der Waals surface area contributed by atoms with Gasteiger partial charge in [0.05, 0.1) is 24.9 Å². The van der Waals surface area contributed by atoms with Crippen molar-refractivity contribution in [1.82, 2.24) is 19.4 Å². The molecule has 0 radical (unpaired) electrons. The molecule has 1 aliphatic heterocycles. The standard InChI is InChI=1S/C20H20N4O3/c1-13-14(2)21-12-24(20(13)26)11-19(25)23-9-16(10-23)27-18-8-7-15-5-3-4-6-17(15)22-18/h3-8,12,16H,9-11H2,1-2H3.